The fraction of sp³-hybridized carbons (Fsp3) is 0.316. The Kier molecular flexibility index (Phi) is 5.85. The van der Waals surface area contributed by atoms with Gasteiger partial charge in [-0.1, -0.05) is 31.2 Å². The fourth-order valence-electron chi connectivity index (χ4n) is 2.58. The van der Waals surface area contributed by atoms with Crippen LogP contribution in [0.2, 0.25) is 0 Å². The van der Waals surface area contributed by atoms with Crippen molar-refractivity contribution in [2.24, 2.45) is 0 Å². The maximum atomic E-state index is 12.6. The Hall–Kier alpha value is -2.34. The van der Waals surface area contributed by atoms with E-state index in [1.807, 2.05) is 19.9 Å². The van der Waals surface area contributed by atoms with E-state index in [9.17, 15) is 13.2 Å². The van der Waals surface area contributed by atoms with Crippen LogP contribution in [0.4, 0.5) is 5.69 Å². The summed E-state index contributed by atoms with van der Waals surface area (Å²) in [5.74, 6) is -0.234. The van der Waals surface area contributed by atoms with E-state index >= 15 is 0 Å². The molecular formula is C19H24N2O3S. The van der Waals surface area contributed by atoms with Crippen LogP contribution in [0.5, 0.6) is 0 Å². The highest BCUT2D eigenvalue weighted by atomic mass is 32.2. The second-order valence-corrected chi connectivity index (χ2v) is 7.98. The molecule has 2 rings (SSSR count). The third kappa shape index (κ3) is 5.32. The Morgan fingerprint density at radius 1 is 1.08 bits per heavy atom. The van der Waals surface area contributed by atoms with Crippen molar-refractivity contribution in [1.82, 2.24) is 5.32 Å². The first kappa shape index (κ1) is 19.0. The molecule has 0 saturated heterocycles. The van der Waals surface area contributed by atoms with Crippen LogP contribution in [0.25, 0.3) is 0 Å². The van der Waals surface area contributed by atoms with Crippen LogP contribution in [0.15, 0.2) is 42.5 Å². The number of nitrogens with one attached hydrogen (secondary N) is 2. The van der Waals surface area contributed by atoms with Gasteiger partial charge in [0.1, 0.15) is 0 Å². The molecule has 25 heavy (non-hydrogen) atoms. The lowest BCUT2D eigenvalue weighted by Gasteiger charge is -2.19. The molecule has 0 saturated carbocycles. The van der Waals surface area contributed by atoms with E-state index in [2.05, 4.69) is 29.1 Å². The summed E-state index contributed by atoms with van der Waals surface area (Å²) in [6.07, 6.45) is 1.84. The smallest absolute Gasteiger partial charge is 0.251 e. The maximum absolute atomic E-state index is 12.6. The molecule has 0 heterocycles. The number of hydrogen-bond donors (Lipinski definition) is 2. The van der Waals surface area contributed by atoms with Gasteiger partial charge in [-0.3, -0.25) is 9.52 Å². The molecule has 0 radical (unpaired) electrons. The molecule has 0 bridgehead atoms. The van der Waals surface area contributed by atoms with Crippen molar-refractivity contribution >= 4 is 21.6 Å². The highest BCUT2D eigenvalue weighted by molar-refractivity contribution is 7.92. The van der Waals surface area contributed by atoms with Crippen LogP contribution >= 0.6 is 0 Å². The monoisotopic (exact) mass is 360 g/mol. The largest absolute Gasteiger partial charge is 0.345 e. The number of amides is 1. The molecular weight excluding hydrogens is 336 g/mol. The van der Waals surface area contributed by atoms with Crippen LogP contribution < -0.4 is 10.0 Å². The maximum Gasteiger partial charge on any atom is 0.251 e. The predicted octanol–water partition coefficient (Wildman–Crippen LogP) is 3.56. The summed E-state index contributed by atoms with van der Waals surface area (Å²) in [5, 5.41) is 3.02. The molecule has 0 unspecified atom stereocenters. The van der Waals surface area contributed by atoms with Crippen LogP contribution in [0, 0.1) is 13.8 Å². The van der Waals surface area contributed by atoms with Crippen LogP contribution in [0.3, 0.4) is 0 Å². The molecule has 2 N–H and O–H groups in total. The summed E-state index contributed by atoms with van der Waals surface area (Å²) in [6, 6.07) is 12.5. The highest BCUT2D eigenvalue weighted by Crippen LogP contribution is 2.21. The summed E-state index contributed by atoms with van der Waals surface area (Å²) in [7, 11) is -3.38. The number of sulfonamides is 1. The number of benzene rings is 2. The molecule has 0 aliphatic carbocycles. The third-order valence-corrected chi connectivity index (χ3v) is 4.68. The minimum absolute atomic E-state index is 0.0988. The first-order valence-corrected chi connectivity index (χ1v) is 10.0. The van der Waals surface area contributed by atoms with Crippen molar-refractivity contribution in [3.8, 4) is 0 Å². The van der Waals surface area contributed by atoms with Gasteiger partial charge >= 0.3 is 0 Å². The molecule has 1 amide bonds. The molecule has 5 nitrogen and oxygen atoms in total. The molecule has 134 valence electrons. The number of carbonyl (C=O) groups is 1. The second-order valence-electron chi connectivity index (χ2n) is 6.23. The molecule has 2 aromatic rings. The Bertz CT molecular complexity index is 876. The van der Waals surface area contributed by atoms with Crippen molar-refractivity contribution < 1.29 is 13.2 Å². The molecule has 1 atom stereocenters. The van der Waals surface area contributed by atoms with Crippen molar-refractivity contribution in [3.63, 3.8) is 0 Å². The van der Waals surface area contributed by atoms with Crippen molar-refractivity contribution in [2.45, 2.75) is 33.2 Å². The van der Waals surface area contributed by atoms with Gasteiger partial charge in [-0.25, -0.2) is 8.42 Å². The quantitative estimate of drug-likeness (QED) is 0.827. The number of aryl methyl sites for hydroxylation is 2. The van der Waals surface area contributed by atoms with Gasteiger partial charge in [0.2, 0.25) is 10.0 Å². The van der Waals surface area contributed by atoms with Gasteiger partial charge in [0, 0.05) is 11.3 Å². The lowest BCUT2D eigenvalue weighted by molar-refractivity contribution is 0.0935. The Morgan fingerprint density at radius 3 is 2.40 bits per heavy atom. The zero-order valence-electron chi connectivity index (χ0n) is 15.0. The lowest BCUT2D eigenvalue weighted by Crippen LogP contribution is -2.28. The van der Waals surface area contributed by atoms with E-state index in [4.69, 9.17) is 0 Å². The fourth-order valence-corrected chi connectivity index (χ4v) is 3.14. The summed E-state index contributed by atoms with van der Waals surface area (Å²) in [5.41, 5.74) is 4.24. The first-order valence-electron chi connectivity index (χ1n) is 8.15. The molecule has 0 aliphatic rings. The van der Waals surface area contributed by atoms with Crippen molar-refractivity contribution in [1.29, 1.82) is 0 Å². The Morgan fingerprint density at radius 2 is 1.80 bits per heavy atom. The number of anilines is 1. The summed E-state index contributed by atoms with van der Waals surface area (Å²) in [6.45, 7) is 6.12. The molecule has 0 aliphatic heterocycles. The zero-order chi connectivity index (χ0) is 18.6. The molecule has 0 aromatic heterocycles. The SMILES string of the molecule is CC[C@H](NC(=O)c1cccc(NS(C)(=O)=O)c1)c1ccc(C)c(C)c1. The minimum Gasteiger partial charge on any atom is -0.345 e. The van der Waals surface area contributed by atoms with Crippen LogP contribution in [0.1, 0.15) is 46.4 Å². The topological polar surface area (TPSA) is 75.3 Å². The van der Waals surface area contributed by atoms with Gasteiger partial charge in [0.05, 0.1) is 12.3 Å². The van der Waals surface area contributed by atoms with E-state index in [-0.39, 0.29) is 11.9 Å². The lowest BCUT2D eigenvalue weighted by atomic mass is 9.99. The van der Waals surface area contributed by atoms with Gasteiger partial charge in [0.15, 0.2) is 0 Å². The number of rotatable bonds is 6. The molecule has 2 aromatic carbocycles. The summed E-state index contributed by atoms with van der Waals surface area (Å²) < 4.78 is 25.1. The van der Waals surface area contributed by atoms with Gasteiger partial charge < -0.3 is 5.32 Å². The Labute approximate surface area is 149 Å². The molecule has 0 fully saturated rings. The van der Waals surface area contributed by atoms with Gasteiger partial charge in [0.25, 0.3) is 5.91 Å². The van der Waals surface area contributed by atoms with Crippen LogP contribution in [-0.4, -0.2) is 20.6 Å². The van der Waals surface area contributed by atoms with Gasteiger partial charge in [-0.15, -0.1) is 0 Å². The average molecular weight is 360 g/mol. The van der Waals surface area contributed by atoms with E-state index in [0.717, 1.165) is 18.2 Å². The van der Waals surface area contributed by atoms with E-state index in [1.54, 1.807) is 18.2 Å². The van der Waals surface area contributed by atoms with Gasteiger partial charge in [-0.2, -0.15) is 0 Å². The summed E-state index contributed by atoms with van der Waals surface area (Å²) >= 11 is 0. The van der Waals surface area contributed by atoms with E-state index < -0.39 is 10.0 Å². The minimum atomic E-state index is -3.38. The van der Waals surface area contributed by atoms with E-state index in [1.165, 1.54) is 17.2 Å². The number of hydrogen-bond acceptors (Lipinski definition) is 3. The zero-order valence-corrected chi connectivity index (χ0v) is 15.8. The average Bonchev–Trinajstić information content (AvgIpc) is 2.53. The Balaban J connectivity index is 2.19. The normalized spacial score (nSPS) is 12.5. The molecule has 0 spiro atoms. The van der Waals surface area contributed by atoms with Crippen molar-refractivity contribution in [3.05, 3.63) is 64.7 Å². The van der Waals surface area contributed by atoms with Gasteiger partial charge in [-0.05, 0) is 55.2 Å². The highest BCUT2D eigenvalue weighted by Gasteiger charge is 2.15. The summed E-state index contributed by atoms with van der Waals surface area (Å²) in [4.78, 5) is 12.6. The molecule has 6 heteroatoms. The van der Waals surface area contributed by atoms with E-state index in [0.29, 0.717) is 11.3 Å². The number of carbonyl (C=O) groups excluding carboxylic acids is 1. The van der Waals surface area contributed by atoms with Crippen molar-refractivity contribution in [2.75, 3.05) is 11.0 Å². The third-order valence-electron chi connectivity index (χ3n) is 4.07. The standard InChI is InChI=1S/C19H24N2O3S/c1-5-18(15-10-9-13(2)14(3)11-15)20-19(22)16-7-6-8-17(12-16)21-25(4,23)24/h6-12,18,21H,5H2,1-4H3,(H,20,22)/t18-/m0/s1. The predicted molar refractivity (Wildman–Crippen MR) is 101 cm³/mol. The first-order chi connectivity index (χ1) is 11.7. The van der Waals surface area contributed by atoms with Crippen LogP contribution in [-0.2, 0) is 10.0 Å². The second kappa shape index (κ2) is 7.70.